The summed E-state index contributed by atoms with van der Waals surface area (Å²) in [6, 6.07) is 48.8. The summed E-state index contributed by atoms with van der Waals surface area (Å²) in [6.07, 6.45) is 0. The van der Waals surface area contributed by atoms with Crippen LogP contribution in [-0.2, 0) is 24.0 Å². The average molecular weight is 809 g/mol. The first-order chi connectivity index (χ1) is 28.7. The maximum Gasteiger partial charge on any atom is 0.494 e. The quantitative estimate of drug-likeness (QED) is 0.143. The van der Waals surface area contributed by atoms with Crippen LogP contribution in [0.5, 0.6) is 0 Å². The van der Waals surface area contributed by atoms with Gasteiger partial charge in [0.15, 0.2) is 0 Å². The molecule has 2 heterocycles. The molecule has 0 N–H and O–H groups in total. The summed E-state index contributed by atoms with van der Waals surface area (Å²) in [5, 5.41) is 0. The molecule has 9 rings (SSSR count). The highest BCUT2D eigenvalue weighted by molar-refractivity contribution is 6.62. The Hall–Kier alpha value is -5.11. The third-order valence-electron chi connectivity index (χ3n) is 14.1. The Morgan fingerprint density at radius 3 is 0.902 bits per heavy atom. The van der Waals surface area contributed by atoms with Crippen molar-refractivity contribution in [3.05, 3.63) is 156 Å². The third kappa shape index (κ3) is 7.12. The lowest BCUT2D eigenvalue weighted by molar-refractivity contribution is 0.00578. The number of anilines is 6. The van der Waals surface area contributed by atoms with Gasteiger partial charge in [-0.3, -0.25) is 0 Å². The van der Waals surface area contributed by atoms with Gasteiger partial charge in [-0.05, 0) is 175 Å². The smallest absolute Gasteiger partial charge is 0.399 e. The maximum atomic E-state index is 6.41. The van der Waals surface area contributed by atoms with E-state index in [-0.39, 0.29) is 5.41 Å². The first-order valence-corrected chi connectivity index (χ1v) is 21.7. The van der Waals surface area contributed by atoms with Crippen LogP contribution in [0.15, 0.2) is 133 Å². The summed E-state index contributed by atoms with van der Waals surface area (Å²) in [5.74, 6) is 0. The number of nitrogens with zero attached hydrogens (tertiary/aromatic N) is 2. The molecule has 2 aliphatic heterocycles. The highest BCUT2D eigenvalue weighted by Crippen LogP contribution is 2.52. The topological polar surface area (TPSA) is 43.4 Å². The van der Waals surface area contributed by atoms with Crippen molar-refractivity contribution >= 4 is 59.3 Å². The van der Waals surface area contributed by atoms with E-state index < -0.39 is 36.6 Å². The molecule has 0 saturated carbocycles. The second kappa shape index (κ2) is 14.5. The number of aryl methyl sites for hydroxylation is 2. The van der Waals surface area contributed by atoms with E-state index in [0.717, 1.165) is 45.0 Å². The fraction of sp³-hybridized carbons (Fsp3) is 0.321. The maximum absolute atomic E-state index is 6.41. The molecule has 0 spiro atoms. The zero-order valence-corrected chi connectivity index (χ0v) is 37.9. The van der Waals surface area contributed by atoms with Gasteiger partial charge in [0.25, 0.3) is 0 Å². The highest BCUT2D eigenvalue weighted by Gasteiger charge is 2.53. The van der Waals surface area contributed by atoms with Crippen LogP contribution in [0.4, 0.5) is 34.1 Å². The Balaban J connectivity index is 1.11. The fourth-order valence-corrected chi connectivity index (χ4v) is 8.82. The highest BCUT2D eigenvalue weighted by atomic mass is 16.7. The predicted octanol–water partition coefficient (Wildman–Crippen LogP) is 12.1. The van der Waals surface area contributed by atoms with Gasteiger partial charge in [-0.25, -0.2) is 0 Å². The van der Waals surface area contributed by atoms with E-state index in [4.69, 9.17) is 18.6 Å². The molecular weight excluding hydrogens is 750 g/mol. The van der Waals surface area contributed by atoms with Crippen LogP contribution in [0, 0.1) is 13.8 Å². The van der Waals surface area contributed by atoms with E-state index >= 15 is 0 Å². The molecule has 0 amide bonds. The van der Waals surface area contributed by atoms with Crippen molar-refractivity contribution in [1.82, 2.24) is 0 Å². The molecular formula is C53H58B2N2O4. The largest absolute Gasteiger partial charge is 0.494 e. The average Bonchev–Trinajstić information content (AvgIpc) is 3.69. The molecule has 61 heavy (non-hydrogen) atoms. The van der Waals surface area contributed by atoms with Crippen molar-refractivity contribution in [2.24, 2.45) is 0 Å². The summed E-state index contributed by atoms with van der Waals surface area (Å²) in [5.41, 5.74) is 14.2. The predicted molar refractivity (Wildman–Crippen MR) is 254 cm³/mol. The molecule has 8 heteroatoms. The Morgan fingerprint density at radius 1 is 0.344 bits per heavy atom. The number of rotatable bonds is 8. The molecule has 6 nitrogen and oxygen atoms in total. The summed E-state index contributed by atoms with van der Waals surface area (Å²) in [4.78, 5) is 4.70. The van der Waals surface area contributed by atoms with E-state index in [0.29, 0.717) is 0 Å². The minimum Gasteiger partial charge on any atom is -0.399 e. The van der Waals surface area contributed by atoms with Crippen LogP contribution >= 0.6 is 0 Å². The minimum atomic E-state index is -0.424. The summed E-state index contributed by atoms with van der Waals surface area (Å²) >= 11 is 0. The SMILES string of the molecule is Cc1ccc(N(c2ccc(B3OC(C)(C)C(C)(C)O3)cc2)c2ccc3c(c2)-c2cc(N(c4ccc(C)cc4)c4ccc(B5OC(C)(C)C(C)(C)O5)cc4)ccc2C3(C)C)cc1. The van der Waals surface area contributed by atoms with Crippen molar-refractivity contribution in [1.29, 1.82) is 0 Å². The van der Waals surface area contributed by atoms with Crippen LogP contribution < -0.4 is 20.7 Å². The molecule has 0 bridgehead atoms. The molecule has 6 aromatic carbocycles. The van der Waals surface area contributed by atoms with Gasteiger partial charge in [-0.2, -0.15) is 0 Å². The number of hydrogen-bond donors (Lipinski definition) is 0. The van der Waals surface area contributed by atoms with E-state index in [9.17, 15) is 0 Å². The van der Waals surface area contributed by atoms with Gasteiger partial charge >= 0.3 is 14.2 Å². The summed E-state index contributed by atoms with van der Waals surface area (Å²) in [6.45, 7) is 25.7. The first kappa shape index (κ1) is 41.3. The minimum absolute atomic E-state index is 0.180. The lowest BCUT2D eigenvalue weighted by Crippen LogP contribution is -2.41. The van der Waals surface area contributed by atoms with Crippen molar-refractivity contribution in [3.8, 4) is 11.1 Å². The van der Waals surface area contributed by atoms with E-state index in [1.807, 2.05) is 0 Å². The van der Waals surface area contributed by atoms with Gasteiger partial charge in [0.2, 0.25) is 0 Å². The van der Waals surface area contributed by atoms with Gasteiger partial charge in [0.05, 0.1) is 22.4 Å². The number of hydrogen-bond acceptors (Lipinski definition) is 6. The van der Waals surface area contributed by atoms with Crippen molar-refractivity contribution < 1.29 is 18.6 Å². The Morgan fingerprint density at radius 2 is 0.607 bits per heavy atom. The lowest BCUT2D eigenvalue weighted by Gasteiger charge is -2.32. The standard InChI is InChI=1S/C53H58B2N2O4/c1-35-13-21-39(22-14-35)56(41-25-17-37(18-26-41)54-58-50(5,6)51(7,8)59-54)43-29-31-47-45(33-43)46-34-44(30-32-48(46)49(47,3)4)57(40-23-15-36(2)16-24-40)42-27-19-38(20-28-42)55-60-52(9,10)53(11,12)61-55/h13-34H,1-12H3. The zero-order valence-electron chi connectivity index (χ0n) is 37.9. The van der Waals surface area contributed by atoms with Crippen LogP contribution in [0.2, 0.25) is 0 Å². The van der Waals surface area contributed by atoms with Gasteiger partial charge in [-0.1, -0.05) is 85.6 Å². The molecule has 2 saturated heterocycles. The molecule has 0 unspecified atom stereocenters. The molecule has 1 aliphatic carbocycles. The second-order valence-electron chi connectivity index (χ2n) is 19.8. The molecule has 2 fully saturated rings. The molecule has 0 radical (unpaired) electrons. The van der Waals surface area contributed by atoms with Crippen LogP contribution in [0.1, 0.15) is 91.5 Å². The van der Waals surface area contributed by atoms with Crippen molar-refractivity contribution in [2.75, 3.05) is 9.80 Å². The Kier molecular flexibility index (Phi) is 9.80. The molecule has 0 aromatic heterocycles. The van der Waals surface area contributed by atoms with Gasteiger partial charge in [0, 0.05) is 39.5 Å². The number of benzene rings is 6. The molecule has 310 valence electrons. The Bertz CT molecular complexity index is 2390. The number of fused-ring (bicyclic) bond motifs is 3. The van der Waals surface area contributed by atoms with Crippen LogP contribution in [0.3, 0.4) is 0 Å². The monoisotopic (exact) mass is 808 g/mol. The van der Waals surface area contributed by atoms with E-state index in [1.54, 1.807) is 0 Å². The van der Waals surface area contributed by atoms with E-state index in [1.165, 1.54) is 33.4 Å². The van der Waals surface area contributed by atoms with Gasteiger partial charge in [0.1, 0.15) is 0 Å². The Labute approximate surface area is 364 Å². The fourth-order valence-electron chi connectivity index (χ4n) is 8.82. The summed E-state index contributed by atoms with van der Waals surface area (Å²) in [7, 11) is -0.847. The summed E-state index contributed by atoms with van der Waals surface area (Å²) < 4.78 is 25.7. The van der Waals surface area contributed by atoms with Gasteiger partial charge in [-0.15, -0.1) is 0 Å². The molecule has 6 aromatic rings. The molecule has 3 aliphatic rings. The second-order valence-corrected chi connectivity index (χ2v) is 19.8. The van der Waals surface area contributed by atoms with E-state index in [2.05, 4.69) is 226 Å². The first-order valence-electron chi connectivity index (χ1n) is 21.7. The zero-order chi connectivity index (χ0) is 43.3. The van der Waals surface area contributed by atoms with Crippen LogP contribution in [-0.4, -0.2) is 36.6 Å². The lowest BCUT2D eigenvalue weighted by atomic mass is 9.79. The van der Waals surface area contributed by atoms with Gasteiger partial charge < -0.3 is 28.4 Å². The van der Waals surface area contributed by atoms with Crippen molar-refractivity contribution in [2.45, 2.75) is 111 Å². The normalized spacial score (nSPS) is 18.8. The van der Waals surface area contributed by atoms with Crippen LogP contribution in [0.25, 0.3) is 11.1 Å². The third-order valence-corrected chi connectivity index (χ3v) is 14.1. The van der Waals surface area contributed by atoms with Crippen molar-refractivity contribution in [3.63, 3.8) is 0 Å². The molecule has 0 atom stereocenters.